The quantitative estimate of drug-likeness (QED) is 0.691. The molecule has 0 atom stereocenters. The van der Waals surface area contributed by atoms with Gasteiger partial charge < -0.3 is 5.32 Å². The van der Waals surface area contributed by atoms with E-state index in [1.807, 2.05) is 19.3 Å². The van der Waals surface area contributed by atoms with Crippen LogP contribution in [0.5, 0.6) is 0 Å². The molecule has 64 valence electrons. The minimum atomic E-state index is 0.757. The number of hydrogen-bond donors (Lipinski definition) is 1. The minimum Gasteiger partial charge on any atom is -0.316 e. The lowest BCUT2D eigenvalue weighted by Gasteiger charge is -2.26. The number of rotatable bonds is 2. The zero-order valence-corrected chi connectivity index (χ0v) is 7.25. The van der Waals surface area contributed by atoms with Crippen LogP contribution in [0.2, 0.25) is 0 Å². The molecule has 0 amide bonds. The van der Waals surface area contributed by atoms with Crippen molar-refractivity contribution in [1.29, 1.82) is 0 Å². The van der Waals surface area contributed by atoms with E-state index in [9.17, 15) is 0 Å². The maximum absolute atomic E-state index is 4.26. The van der Waals surface area contributed by atoms with Gasteiger partial charge in [-0.1, -0.05) is 0 Å². The molecule has 0 bridgehead atoms. The molecule has 1 aromatic heterocycles. The SMILES string of the molecule is Cc1cnc(CC2CNC2)nc1. The summed E-state index contributed by atoms with van der Waals surface area (Å²) in [5, 5.41) is 3.24. The van der Waals surface area contributed by atoms with E-state index in [0.29, 0.717) is 0 Å². The Hall–Kier alpha value is -0.960. The van der Waals surface area contributed by atoms with E-state index in [-0.39, 0.29) is 0 Å². The van der Waals surface area contributed by atoms with Crippen LogP contribution < -0.4 is 5.32 Å². The molecule has 12 heavy (non-hydrogen) atoms. The Morgan fingerprint density at radius 2 is 2.08 bits per heavy atom. The van der Waals surface area contributed by atoms with Gasteiger partial charge in [0.25, 0.3) is 0 Å². The Bertz CT molecular complexity index is 251. The molecule has 0 aliphatic carbocycles. The molecule has 3 heteroatoms. The average molecular weight is 163 g/mol. The third-order valence-electron chi connectivity index (χ3n) is 2.17. The van der Waals surface area contributed by atoms with Crippen molar-refractivity contribution >= 4 is 0 Å². The first-order valence-electron chi connectivity index (χ1n) is 4.33. The second-order valence-electron chi connectivity index (χ2n) is 3.41. The fourth-order valence-corrected chi connectivity index (χ4v) is 1.28. The summed E-state index contributed by atoms with van der Waals surface area (Å²) < 4.78 is 0. The van der Waals surface area contributed by atoms with Gasteiger partial charge in [0.1, 0.15) is 5.82 Å². The molecule has 0 saturated carbocycles. The lowest BCUT2D eigenvalue weighted by molar-refractivity contribution is 0.341. The second-order valence-corrected chi connectivity index (χ2v) is 3.41. The average Bonchev–Trinajstić information content (AvgIpc) is 2.00. The van der Waals surface area contributed by atoms with Crippen LogP contribution in [0.25, 0.3) is 0 Å². The molecule has 1 N–H and O–H groups in total. The molecule has 1 aliphatic rings. The summed E-state index contributed by atoms with van der Waals surface area (Å²) in [7, 11) is 0. The van der Waals surface area contributed by atoms with Crippen LogP contribution in [-0.2, 0) is 6.42 Å². The first kappa shape index (κ1) is 7.68. The Labute approximate surface area is 72.2 Å². The van der Waals surface area contributed by atoms with Crippen molar-refractivity contribution in [2.24, 2.45) is 5.92 Å². The van der Waals surface area contributed by atoms with Crippen LogP contribution in [0.3, 0.4) is 0 Å². The molecule has 3 nitrogen and oxygen atoms in total. The maximum atomic E-state index is 4.26. The largest absolute Gasteiger partial charge is 0.316 e. The molecule has 2 rings (SSSR count). The zero-order valence-electron chi connectivity index (χ0n) is 7.25. The van der Waals surface area contributed by atoms with Gasteiger partial charge in [-0.2, -0.15) is 0 Å². The number of aromatic nitrogens is 2. The third-order valence-corrected chi connectivity index (χ3v) is 2.17. The normalized spacial score (nSPS) is 17.4. The summed E-state index contributed by atoms with van der Waals surface area (Å²) in [6, 6.07) is 0. The standard InChI is InChI=1S/C9H13N3/c1-7-3-11-9(12-4-7)2-8-5-10-6-8/h3-4,8,10H,2,5-6H2,1H3. The highest BCUT2D eigenvalue weighted by molar-refractivity contribution is 5.02. The molecular weight excluding hydrogens is 150 g/mol. The monoisotopic (exact) mass is 163 g/mol. The summed E-state index contributed by atoms with van der Waals surface area (Å²) in [4.78, 5) is 8.52. The van der Waals surface area contributed by atoms with Crippen molar-refractivity contribution < 1.29 is 0 Å². The predicted molar refractivity (Wildman–Crippen MR) is 46.8 cm³/mol. The summed E-state index contributed by atoms with van der Waals surface area (Å²) in [6.07, 6.45) is 4.79. The minimum absolute atomic E-state index is 0.757. The number of nitrogens with one attached hydrogen (secondary N) is 1. The van der Waals surface area contributed by atoms with Gasteiger partial charge in [0, 0.05) is 18.8 Å². The number of aryl methyl sites for hydroxylation is 1. The van der Waals surface area contributed by atoms with Crippen LogP contribution in [0.15, 0.2) is 12.4 Å². The fraction of sp³-hybridized carbons (Fsp3) is 0.556. The molecule has 0 spiro atoms. The molecule has 2 heterocycles. The van der Waals surface area contributed by atoms with Crippen molar-refractivity contribution in [3.63, 3.8) is 0 Å². The molecule has 1 saturated heterocycles. The predicted octanol–water partition coefficient (Wildman–Crippen LogP) is 0.547. The first-order valence-corrected chi connectivity index (χ1v) is 4.33. The maximum Gasteiger partial charge on any atom is 0.128 e. The van der Waals surface area contributed by atoms with Crippen molar-refractivity contribution in [3.8, 4) is 0 Å². The van der Waals surface area contributed by atoms with Gasteiger partial charge in [0.2, 0.25) is 0 Å². The van der Waals surface area contributed by atoms with Crippen molar-refractivity contribution in [2.45, 2.75) is 13.3 Å². The van der Waals surface area contributed by atoms with Gasteiger partial charge in [0.15, 0.2) is 0 Å². The van der Waals surface area contributed by atoms with Gasteiger partial charge >= 0.3 is 0 Å². The van der Waals surface area contributed by atoms with Crippen LogP contribution in [0, 0.1) is 12.8 Å². The van der Waals surface area contributed by atoms with Gasteiger partial charge in [-0.15, -0.1) is 0 Å². The highest BCUT2D eigenvalue weighted by atomic mass is 15.0. The lowest BCUT2D eigenvalue weighted by atomic mass is 9.99. The molecule has 1 aliphatic heterocycles. The zero-order chi connectivity index (χ0) is 8.39. The van der Waals surface area contributed by atoms with E-state index < -0.39 is 0 Å². The smallest absolute Gasteiger partial charge is 0.128 e. The molecule has 0 unspecified atom stereocenters. The second kappa shape index (κ2) is 3.19. The lowest BCUT2D eigenvalue weighted by Crippen LogP contribution is -2.43. The Balaban J connectivity index is 1.98. The van der Waals surface area contributed by atoms with Gasteiger partial charge in [0.05, 0.1) is 0 Å². The van der Waals surface area contributed by atoms with Gasteiger partial charge in [-0.05, 0) is 31.5 Å². The van der Waals surface area contributed by atoms with E-state index in [4.69, 9.17) is 0 Å². The van der Waals surface area contributed by atoms with Crippen LogP contribution in [0.4, 0.5) is 0 Å². The van der Waals surface area contributed by atoms with Gasteiger partial charge in [-0.3, -0.25) is 0 Å². The van der Waals surface area contributed by atoms with Crippen molar-refractivity contribution in [2.75, 3.05) is 13.1 Å². The first-order chi connectivity index (χ1) is 5.84. The summed E-state index contributed by atoms with van der Waals surface area (Å²) in [5.74, 6) is 1.74. The van der Waals surface area contributed by atoms with Crippen molar-refractivity contribution in [1.82, 2.24) is 15.3 Å². The molecule has 1 aromatic rings. The van der Waals surface area contributed by atoms with E-state index in [2.05, 4.69) is 15.3 Å². The number of nitrogens with zero attached hydrogens (tertiary/aromatic N) is 2. The van der Waals surface area contributed by atoms with Crippen LogP contribution >= 0.6 is 0 Å². The van der Waals surface area contributed by atoms with Crippen LogP contribution in [0.1, 0.15) is 11.4 Å². The summed E-state index contributed by atoms with van der Waals surface area (Å²) in [6.45, 7) is 4.25. The Morgan fingerprint density at radius 3 is 2.58 bits per heavy atom. The molecule has 0 radical (unpaired) electrons. The van der Waals surface area contributed by atoms with Crippen LogP contribution in [-0.4, -0.2) is 23.1 Å². The topological polar surface area (TPSA) is 37.8 Å². The van der Waals surface area contributed by atoms with Gasteiger partial charge in [-0.25, -0.2) is 9.97 Å². The van der Waals surface area contributed by atoms with E-state index in [1.165, 1.54) is 0 Å². The summed E-state index contributed by atoms with van der Waals surface area (Å²) >= 11 is 0. The summed E-state index contributed by atoms with van der Waals surface area (Å²) in [5.41, 5.74) is 1.13. The van der Waals surface area contributed by atoms with E-state index >= 15 is 0 Å². The Kier molecular flexibility index (Phi) is 2.04. The fourth-order valence-electron chi connectivity index (χ4n) is 1.28. The van der Waals surface area contributed by atoms with E-state index in [1.54, 1.807) is 0 Å². The van der Waals surface area contributed by atoms with E-state index in [0.717, 1.165) is 36.8 Å². The Morgan fingerprint density at radius 1 is 1.42 bits per heavy atom. The molecular formula is C9H13N3. The number of hydrogen-bond acceptors (Lipinski definition) is 3. The molecule has 0 aromatic carbocycles. The molecule has 1 fully saturated rings. The third kappa shape index (κ3) is 1.61. The highest BCUT2D eigenvalue weighted by Crippen LogP contribution is 2.08. The van der Waals surface area contributed by atoms with Crippen molar-refractivity contribution in [3.05, 3.63) is 23.8 Å². The highest BCUT2D eigenvalue weighted by Gasteiger charge is 2.17.